The average Bonchev–Trinajstić information content (AvgIpc) is 1.95. The maximum Gasteiger partial charge on any atom is 0.466 e. The highest BCUT2D eigenvalue weighted by Crippen LogP contribution is 2.25. The third kappa shape index (κ3) is 47.6. The Morgan fingerprint density at radius 3 is 1.77 bits per heavy atom. The lowest BCUT2D eigenvalue weighted by atomic mass is 10.2. The average molecular weight is 213 g/mol. The van der Waals surface area contributed by atoms with Gasteiger partial charge in [0.2, 0.25) is 0 Å². The molecule has 82 valence electrons. The second-order valence-corrected chi connectivity index (χ2v) is 3.74. The van der Waals surface area contributed by atoms with E-state index in [4.69, 9.17) is 25.0 Å². The molecular weight excluding hydrogens is 193 g/mol. The summed E-state index contributed by atoms with van der Waals surface area (Å²) in [4.78, 5) is 21.6. The summed E-state index contributed by atoms with van der Waals surface area (Å²) in [5.74, 6) is 0. The van der Waals surface area contributed by atoms with Crippen LogP contribution < -0.4 is 5.73 Å². The molecule has 5 nitrogen and oxygen atoms in total. The first-order valence-electron chi connectivity index (χ1n) is 4.40. The Balaban J connectivity index is 0. The van der Waals surface area contributed by atoms with Crippen molar-refractivity contribution in [2.24, 2.45) is 5.73 Å². The van der Waals surface area contributed by atoms with Gasteiger partial charge in [0.25, 0.3) is 0 Å². The van der Waals surface area contributed by atoms with Crippen molar-refractivity contribution in [2.75, 3.05) is 6.54 Å². The summed E-state index contributed by atoms with van der Waals surface area (Å²) in [6, 6.07) is 0. The van der Waals surface area contributed by atoms with Crippen LogP contribution in [-0.2, 0) is 4.57 Å². The largest absolute Gasteiger partial charge is 0.466 e. The first-order valence-corrected chi connectivity index (χ1v) is 5.96. The van der Waals surface area contributed by atoms with Gasteiger partial charge in [-0.3, -0.25) is 0 Å². The van der Waals surface area contributed by atoms with Crippen LogP contribution in [-0.4, -0.2) is 21.2 Å². The summed E-state index contributed by atoms with van der Waals surface area (Å²) in [7, 11) is -4.64. The van der Waals surface area contributed by atoms with Crippen LogP contribution in [0, 0.1) is 0 Å². The number of hydrogen-bond donors (Lipinski definition) is 4. The van der Waals surface area contributed by atoms with Crippen LogP contribution >= 0.6 is 7.82 Å². The third-order valence-corrected chi connectivity index (χ3v) is 1.31. The number of hydrogen-bond acceptors (Lipinski definition) is 2. The van der Waals surface area contributed by atoms with Gasteiger partial charge < -0.3 is 20.4 Å². The zero-order chi connectivity index (χ0) is 10.7. The van der Waals surface area contributed by atoms with Crippen molar-refractivity contribution < 1.29 is 19.2 Å². The first-order chi connectivity index (χ1) is 5.91. The van der Waals surface area contributed by atoms with Crippen LogP contribution in [0.5, 0.6) is 0 Å². The monoisotopic (exact) mass is 213 g/mol. The third-order valence-electron chi connectivity index (χ3n) is 1.31. The Morgan fingerprint density at radius 2 is 1.46 bits per heavy atom. The lowest BCUT2D eigenvalue weighted by Gasteiger charge is -1.93. The van der Waals surface area contributed by atoms with Crippen LogP contribution in [0.2, 0.25) is 0 Å². The lowest BCUT2D eigenvalue weighted by molar-refractivity contribution is 0.275. The van der Waals surface area contributed by atoms with E-state index in [2.05, 4.69) is 6.92 Å². The van der Waals surface area contributed by atoms with Crippen molar-refractivity contribution in [3.05, 3.63) is 0 Å². The highest BCUT2D eigenvalue weighted by Gasteiger charge is 2.00. The van der Waals surface area contributed by atoms with Gasteiger partial charge in [-0.15, -0.1) is 0 Å². The van der Waals surface area contributed by atoms with Gasteiger partial charge in [0, 0.05) is 0 Å². The molecule has 0 bridgehead atoms. The summed E-state index contributed by atoms with van der Waals surface area (Å²) in [5.41, 5.74) is 5.31. The molecule has 0 saturated heterocycles. The second kappa shape index (κ2) is 10.2. The van der Waals surface area contributed by atoms with Gasteiger partial charge in [-0.05, 0) is 13.0 Å². The van der Waals surface area contributed by atoms with Crippen molar-refractivity contribution in [3.8, 4) is 0 Å². The molecule has 0 aromatic carbocycles. The van der Waals surface area contributed by atoms with Gasteiger partial charge in [-0.2, -0.15) is 0 Å². The Morgan fingerprint density at radius 1 is 1.08 bits per heavy atom. The highest BCUT2D eigenvalue weighted by molar-refractivity contribution is 7.45. The summed E-state index contributed by atoms with van der Waals surface area (Å²) in [5, 5.41) is 0. The molecule has 13 heavy (non-hydrogen) atoms. The Bertz CT molecular complexity index is 122. The molecule has 5 N–H and O–H groups in total. The zero-order valence-electron chi connectivity index (χ0n) is 8.02. The molecule has 0 fully saturated rings. The molecular formula is C7H20NO4P. The topological polar surface area (TPSA) is 104 Å². The van der Waals surface area contributed by atoms with E-state index in [1.807, 2.05) is 0 Å². The predicted molar refractivity (Wildman–Crippen MR) is 52.1 cm³/mol. The first kappa shape index (κ1) is 15.5. The molecule has 0 atom stereocenters. The molecule has 0 unspecified atom stereocenters. The molecule has 0 aliphatic carbocycles. The van der Waals surface area contributed by atoms with Crippen LogP contribution in [0.4, 0.5) is 0 Å². The van der Waals surface area contributed by atoms with E-state index in [-0.39, 0.29) is 0 Å². The number of unbranched alkanes of at least 4 members (excludes halogenated alkanes) is 4. The molecule has 0 rings (SSSR count). The highest BCUT2D eigenvalue weighted by atomic mass is 31.2. The van der Waals surface area contributed by atoms with Crippen LogP contribution in [0.15, 0.2) is 0 Å². The Hall–Kier alpha value is 0.0700. The Kier molecular flexibility index (Phi) is 12.1. The molecule has 0 spiro atoms. The summed E-state index contributed by atoms with van der Waals surface area (Å²) >= 11 is 0. The van der Waals surface area contributed by atoms with E-state index in [9.17, 15) is 0 Å². The van der Waals surface area contributed by atoms with Gasteiger partial charge in [0.1, 0.15) is 0 Å². The normalized spacial score (nSPS) is 10.5. The minimum absolute atomic E-state index is 0.865. The lowest BCUT2D eigenvalue weighted by Crippen LogP contribution is -1.97. The maximum atomic E-state index is 8.88. The fourth-order valence-corrected chi connectivity index (χ4v) is 0.748. The second-order valence-electron chi connectivity index (χ2n) is 2.72. The SMILES string of the molecule is CCCCCCCN.O=P(O)(O)O. The number of rotatable bonds is 5. The smallest absolute Gasteiger partial charge is 0.330 e. The quantitative estimate of drug-likeness (QED) is 0.402. The van der Waals surface area contributed by atoms with Crippen molar-refractivity contribution in [1.29, 1.82) is 0 Å². The van der Waals surface area contributed by atoms with E-state index in [1.54, 1.807) is 0 Å². The molecule has 0 saturated carbocycles. The predicted octanol–water partition coefficient (Wildman–Crippen LogP) is 0.987. The van der Waals surface area contributed by atoms with Gasteiger partial charge in [0.05, 0.1) is 0 Å². The standard InChI is InChI=1S/C7H17N.H3O4P/c1-2-3-4-5-6-7-8;1-5(2,3)4/h2-8H2,1H3;(H3,1,2,3,4). The van der Waals surface area contributed by atoms with Crippen LogP contribution in [0.25, 0.3) is 0 Å². The van der Waals surface area contributed by atoms with Gasteiger partial charge in [-0.25, -0.2) is 4.57 Å². The molecule has 0 aromatic heterocycles. The van der Waals surface area contributed by atoms with Crippen LogP contribution in [0.3, 0.4) is 0 Å². The van der Waals surface area contributed by atoms with Crippen molar-refractivity contribution in [2.45, 2.75) is 39.0 Å². The Labute approximate surface area is 79.2 Å². The van der Waals surface area contributed by atoms with Crippen molar-refractivity contribution in [1.82, 2.24) is 0 Å². The minimum atomic E-state index is -4.64. The summed E-state index contributed by atoms with van der Waals surface area (Å²) in [6.07, 6.45) is 6.60. The molecule has 0 amide bonds. The fourth-order valence-electron chi connectivity index (χ4n) is 0.748. The number of nitrogens with two attached hydrogens (primary N) is 1. The zero-order valence-corrected chi connectivity index (χ0v) is 8.91. The van der Waals surface area contributed by atoms with Gasteiger partial charge >= 0.3 is 7.82 Å². The van der Waals surface area contributed by atoms with E-state index in [0.29, 0.717) is 0 Å². The maximum absolute atomic E-state index is 8.88. The minimum Gasteiger partial charge on any atom is -0.330 e. The van der Waals surface area contributed by atoms with E-state index in [1.165, 1.54) is 32.1 Å². The van der Waals surface area contributed by atoms with E-state index < -0.39 is 7.82 Å². The van der Waals surface area contributed by atoms with E-state index >= 15 is 0 Å². The summed E-state index contributed by atoms with van der Waals surface area (Å²) in [6.45, 7) is 3.09. The van der Waals surface area contributed by atoms with Gasteiger partial charge in [0.15, 0.2) is 0 Å². The molecule has 0 heterocycles. The van der Waals surface area contributed by atoms with Crippen LogP contribution in [0.1, 0.15) is 39.0 Å². The molecule has 0 aliphatic heterocycles. The molecule has 0 radical (unpaired) electrons. The van der Waals surface area contributed by atoms with Gasteiger partial charge in [-0.1, -0.05) is 32.6 Å². The molecule has 0 aromatic rings. The van der Waals surface area contributed by atoms with Crippen molar-refractivity contribution >= 4 is 7.82 Å². The van der Waals surface area contributed by atoms with E-state index in [0.717, 1.165) is 6.54 Å². The molecule has 6 heteroatoms. The summed E-state index contributed by atoms with van der Waals surface area (Å²) < 4.78 is 8.88. The number of phosphoric acid groups is 1. The fraction of sp³-hybridized carbons (Fsp3) is 1.00. The van der Waals surface area contributed by atoms with Crippen molar-refractivity contribution in [3.63, 3.8) is 0 Å². The molecule has 0 aliphatic rings.